The van der Waals surface area contributed by atoms with Crippen LogP contribution in [-0.2, 0) is 10.0 Å². The predicted molar refractivity (Wildman–Crippen MR) is 78.6 cm³/mol. The molecule has 0 saturated carbocycles. The van der Waals surface area contributed by atoms with Gasteiger partial charge in [-0.15, -0.1) is 6.42 Å². The van der Waals surface area contributed by atoms with Crippen molar-refractivity contribution in [2.24, 2.45) is 0 Å². The van der Waals surface area contributed by atoms with Crippen molar-refractivity contribution in [3.63, 3.8) is 0 Å². The lowest BCUT2D eigenvalue weighted by Crippen LogP contribution is -2.13. The molecular weight excluding hydrogens is 290 g/mol. The number of rotatable bonds is 4. The zero-order valence-electron chi connectivity index (χ0n) is 10.8. The van der Waals surface area contributed by atoms with Gasteiger partial charge in [-0.05, 0) is 42.5 Å². The van der Waals surface area contributed by atoms with Crippen molar-refractivity contribution in [2.45, 2.75) is 4.90 Å². The minimum absolute atomic E-state index is 0.0169. The smallest absolute Gasteiger partial charge is 0.335 e. The minimum Gasteiger partial charge on any atom is -0.478 e. The molecule has 0 amide bonds. The number of sulfonamides is 1. The van der Waals surface area contributed by atoms with Crippen molar-refractivity contribution in [3.8, 4) is 12.3 Å². The monoisotopic (exact) mass is 301 g/mol. The van der Waals surface area contributed by atoms with E-state index >= 15 is 0 Å². The number of anilines is 1. The molecule has 2 N–H and O–H groups in total. The lowest BCUT2D eigenvalue weighted by molar-refractivity contribution is 0.0697. The second kappa shape index (κ2) is 5.69. The molecule has 0 aliphatic rings. The Balaban J connectivity index is 2.29. The highest BCUT2D eigenvalue weighted by Gasteiger charge is 2.15. The van der Waals surface area contributed by atoms with Gasteiger partial charge in [-0.25, -0.2) is 13.2 Å². The van der Waals surface area contributed by atoms with Gasteiger partial charge >= 0.3 is 5.97 Å². The number of carboxylic acid groups (broad SMARTS) is 1. The van der Waals surface area contributed by atoms with Crippen molar-refractivity contribution in [1.29, 1.82) is 0 Å². The summed E-state index contributed by atoms with van der Waals surface area (Å²) in [7, 11) is -3.79. The molecule has 5 nitrogen and oxygen atoms in total. The SMILES string of the molecule is C#Cc1cccc(NS(=O)(=O)c2ccc(C(=O)O)cc2)c1. The van der Waals surface area contributed by atoms with Gasteiger partial charge < -0.3 is 5.11 Å². The highest BCUT2D eigenvalue weighted by atomic mass is 32.2. The van der Waals surface area contributed by atoms with Crippen LogP contribution in [-0.4, -0.2) is 19.5 Å². The van der Waals surface area contributed by atoms with E-state index in [1.807, 2.05) is 0 Å². The van der Waals surface area contributed by atoms with Crippen molar-refractivity contribution in [3.05, 3.63) is 59.7 Å². The maximum absolute atomic E-state index is 12.2. The van der Waals surface area contributed by atoms with Crippen LogP contribution in [0.15, 0.2) is 53.4 Å². The molecule has 2 rings (SSSR count). The first-order valence-corrected chi connectivity index (χ1v) is 7.33. The van der Waals surface area contributed by atoms with Crippen molar-refractivity contribution in [2.75, 3.05) is 4.72 Å². The average molecular weight is 301 g/mol. The van der Waals surface area contributed by atoms with Gasteiger partial charge in [-0.3, -0.25) is 4.72 Å². The van der Waals surface area contributed by atoms with Gasteiger partial charge in [0, 0.05) is 5.56 Å². The molecule has 0 atom stereocenters. The molecule has 0 saturated heterocycles. The van der Waals surface area contributed by atoms with Gasteiger partial charge in [0.2, 0.25) is 0 Å². The Morgan fingerprint density at radius 1 is 1.14 bits per heavy atom. The fraction of sp³-hybridized carbons (Fsp3) is 0. The largest absolute Gasteiger partial charge is 0.478 e. The molecule has 0 spiro atoms. The summed E-state index contributed by atoms with van der Waals surface area (Å²) in [4.78, 5) is 10.7. The van der Waals surface area contributed by atoms with E-state index in [1.165, 1.54) is 30.3 Å². The van der Waals surface area contributed by atoms with Crippen LogP contribution >= 0.6 is 0 Å². The van der Waals surface area contributed by atoms with Crippen molar-refractivity contribution < 1.29 is 18.3 Å². The van der Waals surface area contributed by atoms with E-state index in [2.05, 4.69) is 10.6 Å². The van der Waals surface area contributed by atoms with Crippen LogP contribution in [0.25, 0.3) is 0 Å². The highest BCUT2D eigenvalue weighted by molar-refractivity contribution is 7.92. The lowest BCUT2D eigenvalue weighted by atomic mass is 10.2. The summed E-state index contributed by atoms with van der Waals surface area (Å²) < 4.78 is 26.7. The summed E-state index contributed by atoms with van der Waals surface area (Å²) >= 11 is 0. The molecule has 0 radical (unpaired) electrons. The molecule has 0 bridgehead atoms. The van der Waals surface area contributed by atoms with E-state index in [-0.39, 0.29) is 10.5 Å². The van der Waals surface area contributed by atoms with Gasteiger partial charge in [0.15, 0.2) is 0 Å². The van der Waals surface area contributed by atoms with Gasteiger partial charge in [0.1, 0.15) is 0 Å². The third-order valence-electron chi connectivity index (χ3n) is 2.69. The number of benzene rings is 2. The van der Waals surface area contributed by atoms with Crippen LogP contribution in [0.3, 0.4) is 0 Å². The molecule has 2 aromatic rings. The number of hydrogen-bond acceptors (Lipinski definition) is 3. The Labute approximate surface area is 122 Å². The Bertz CT molecular complexity index is 817. The van der Waals surface area contributed by atoms with Gasteiger partial charge in [0.05, 0.1) is 16.1 Å². The second-order valence-electron chi connectivity index (χ2n) is 4.16. The van der Waals surface area contributed by atoms with Crippen LogP contribution in [0.2, 0.25) is 0 Å². The first-order valence-electron chi connectivity index (χ1n) is 5.85. The number of hydrogen-bond donors (Lipinski definition) is 2. The molecule has 106 valence electrons. The summed E-state index contributed by atoms with van der Waals surface area (Å²) in [6.07, 6.45) is 5.26. The van der Waals surface area contributed by atoms with Crippen LogP contribution < -0.4 is 4.72 Å². The maximum Gasteiger partial charge on any atom is 0.335 e. The lowest BCUT2D eigenvalue weighted by Gasteiger charge is -2.08. The Kier molecular flexibility index (Phi) is 3.96. The minimum atomic E-state index is -3.79. The second-order valence-corrected chi connectivity index (χ2v) is 5.84. The molecule has 0 unspecified atom stereocenters. The molecule has 0 heterocycles. The molecule has 6 heteroatoms. The molecule has 21 heavy (non-hydrogen) atoms. The fourth-order valence-corrected chi connectivity index (χ4v) is 2.71. The number of carboxylic acids is 1. The predicted octanol–water partition coefficient (Wildman–Crippen LogP) is 2.17. The zero-order chi connectivity index (χ0) is 15.5. The summed E-state index contributed by atoms with van der Waals surface area (Å²) in [6.45, 7) is 0. The topological polar surface area (TPSA) is 83.5 Å². The van der Waals surface area contributed by atoms with Crippen LogP contribution in [0, 0.1) is 12.3 Å². The molecule has 0 fully saturated rings. The summed E-state index contributed by atoms with van der Waals surface area (Å²) in [5, 5.41) is 8.79. The number of terminal acetylenes is 1. The van der Waals surface area contributed by atoms with Gasteiger partial charge in [0.25, 0.3) is 10.0 Å². The normalized spacial score (nSPS) is 10.6. The molecule has 0 aromatic heterocycles. The summed E-state index contributed by atoms with van der Waals surface area (Å²) in [5.74, 6) is 1.30. The van der Waals surface area contributed by atoms with Crippen LogP contribution in [0.5, 0.6) is 0 Å². The Hall–Kier alpha value is -2.78. The first-order chi connectivity index (χ1) is 9.92. The molecule has 0 aliphatic heterocycles. The molecular formula is C15H11NO4S. The van der Waals surface area contributed by atoms with E-state index in [4.69, 9.17) is 11.5 Å². The number of carbonyl (C=O) groups is 1. The highest BCUT2D eigenvalue weighted by Crippen LogP contribution is 2.17. The Morgan fingerprint density at radius 2 is 1.81 bits per heavy atom. The Morgan fingerprint density at radius 3 is 2.38 bits per heavy atom. The standard InChI is InChI=1S/C15H11NO4S/c1-2-11-4-3-5-13(10-11)16-21(19,20)14-8-6-12(7-9-14)15(17)18/h1,3-10,16H,(H,17,18). The summed E-state index contributed by atoms with van der Waals surface area (Å²) in [5.41, 5.74) is 0.910. The maximum atomic E-state index is 12.2. The van der Waals surface area contributed by atoms with E-state index in [9.17, 15) is 13.2 Å². The van der Waals surface area contributed by atoms with Crippen LogP contribution in [0.4, 0.5) is 5.69 Å². The van der Waals surface area contributed by atoms with E-state index in [0.29, 0.717) is 11.3 Å². The zero-order valence-corrected chi connectivity index (χ0v) is 11.6. The van der Waals surface area contributed by atoms with E-state index in [1.54, 1.807) is 18.2 Å². The van der Waals surface area contributed by atoms with Gasteiger partial charge in [-0.2, -0.15) is 0 Å². The molecule has 2 aromatic carbocycles. The quantitative estimate of drug-likeness (QED) is 0.848. The van der Waals surface area contributed by atoms with E-state index in [0.717, 1.165) is 0 Å². The fourth-order valence-electron chi connectivity index (χ4n) is 1.66. The van der Waals surface area contributed by atoms with Crippen molar-refractivity contribution in [1.82, 2.24) is 0 Å². The molecule has 0 aliphatic carbocycles. The summed E-state index contributed by atoms with van der Waals surface area (Å²) in [6, 6.07) is 11.4. The third-order valence-corrected chi connectivity index (χ3v) is 4.09. The average Bonchev–Trinajstić information content (AvgIpc) is 2.47. The number of aromatic carboxylic acids is 1. The third kappa shape index (κ3) is 3.41. The number of nitrogens with one attached hydrogen (secondary N) is 1. The van der Waals surface area contributed by atoms with Crippen molar-refractivity contribution >= 4 is 21.7 Å². The first kappa shape index (κ1) is 14.6. The van der Waals surface area contributed by atoms with E-state index < -0.39 is 16.0 Å². The van der Waals surface area contributed by atoms with Crippen LogP contribution in [0.1, 0.15) is 15.9 Å². The van der Waals surface area contributed by atoms with Gasteiger partial charge in [-0.1, -0.05) is 12.0 Å².